The lowest BCUT2D eigenvalue weighted by Crippen LogP contribution is -2.30. The van der Waals surface area contributed by atoms with E-state index in [4.69, 9.17) is 25.8 Å². The van der Waals surface area contributed by atoms with Crippen LogP contribution in [-0.2, 0) is 24.8 Å². The van der Waals surface area contributed by atoms with Gasteiger partial charge in [-0.05, 0) is 49.1 Å². The molecule has 7 nitrogen and oxygen atoms in total. The number of rotatable bonds is 11. The van der Waals surface area contributed by atoms with Gasteiger partial charge in [0.1, 0.15) is 18.9 Å². The first-order chi connectivity index (χ1) is 15.9. The number of ether oxygens (including phenoxy) is 3. The monoisotopic (exact) mass is 471 g/mol. The lowest BCUT2D eigenvalue weighted by molar-refractivity contribution is 0.0937. The highest BCUT2D eigenvalue weighted by atomic mass is 35.5. The van der Waals surface area contributed by atoms with Crippen molar-refractivity contribution in [2.45, 2.75) is 26.9 Å². The van der Waals surface area contributed by atoms with Crippen LogP contribution in [0.4, 0.5) is 0 Å². The molecule has 1 heterocycles. The van der Waals surface area contributed by atoms with E-state index >= 15 is 0 Å². The lowest BCUT2D eigenvalue weighted by Gasteiger charge is -2.15. The molecule has 0 saturated heterocycles. The van der Waals surface area contributed by atoms with Crippen molar-refractivity contribution in [3.63, 3.8) is 0 Å². The fourth-order valence-corrected chi connectivity index (χ4v) is 3.62. The summed E-state index contributed by atoms with van der Waals surface area (Å²) in [4.78, 5) is 12.5. The van der Waals surface area contributed by atoms with E-state index in [9.17, 15) is 4.79 Å². The summed E-state index contributed by atoms with van der Waals surface area (Å²) in [6.45, 7) is 5.46. The van der Waals surface area contributed by atoms with E-state index < -0.39 is 0 Å². The summed E-state index contributed by atoms with van der Waals surface area (Å²) in [6, 6.07) is 14.0. The normalized spacial score (nSPS) is 10.8. The number of carbonyl (C=O) groups excluding carboxylic acids is 1. The van der Waals surface area contributed by atoms with Crippen LogP contribution in [0.25, 0.3) is 0 Å². The van der Waals surface area contributed by atoms with E-state index in [-0.39, 0.29) is 12.5 Å². The Balaban J connectivity index is 1.63. The van der Waals surface area contributed by atoms with Crippen molar-refractivity contribution in [1.29, 1.82) is 0 Å². The molecule has 1 N–H and O–H groups in total. The van der Waals surface area contributed by atoms with Gasteiger partial charge in [0.2, 0.25) is 0 Å². The molecule has 2 aromatic carbocycles. The second-order valence-corrected chi connectivity index (χ2v) is 8.09. The summed E-state index contributed by atoms with van der Waals surface area (Å²) in [5.74, 6) is 0.981. The quantitative estimate of drug-likeness (QED) is 0.423. The summed E-state index contributed by atoms with van der Waals surface area (Å²) in [6.07, 6.45) is 0.776. The highest BCUT2D eigenvalue weighted by Gasteiger charge is 2.18. The van der Waals surface area contributed by atoms with E-state index in [1.165, 1.54) is 10.2 Å². The molecule has 0 atom stereocenters. The molecule has 0 aliphatic carbocycles. The van der Waals surface area contributed by atoms with Gasteiger partial charge in [-0.25, -0.2) is 0 Å². The highest BCUT2D eigenvalue weighted by Crippen LogP contribution is 2.30. The van der Waals surface area contributed by atoms with E-state index in [1.54, 1.807) is 21.1 Å². The molecule has 3 rings (SSSR count). The molecule has 0 aliphatic rings. The third-order valence-corrected chi connectivity index (χ3v) is 5.71. The number of hydrogen-bond donors (Lipinski definition) is 1. The Bertz CT molecular complexity index is 1100. The van der Waals surface area contributed by atoms with Gasteiger partial charge >= 0.3 is 0 Å². The second kappa shape index (κ2) is 11.7. The first kappa shape index (κ1) is 24.6. The van der Waals surface area contributed by atoms with Crippen molar-refractivity contribution in [2.24, 2.45) is 7.05 Å². The van der Waals surface area contributed by atoms with Crippen molar-refractivity contribution in [3.05, 3.63) is 75.6 Å². The van der Waals surface area contributed by atoms with E-state index in [2.05, 4.69) is 23.4 Å². The van der Waals surface area contributed by atoms with Crippen molar-refractivity contribution < 1.29 is 19.0 Å². The van der Waals surface area contributed by atoms with Gasteiger partial charge in [-0.15, -0.1) is 0 Å². The van der Waals surface area contributed by atoms with Crippen LogP contribution < -0.4 is 14.8 Å². The van der Waals surface area contributed by atoms with Crippen LogP contribution in [0.3, 0.4) is 0 Å². The summed E-state index contributed by atoms with van der Waals surface area (Å²) in [5.41, 5.74) is 4.32. The average molecular weight is 472 g/mol. The number of methoxy groups -OCH3 is 1. The molecule has 0 spiro atoms. The molecule has 0 fully saturated rings. The molecule has 176 valence electrons. The van der Waals surface area contributed by atoms with E-state index in [1.807, 2.05) is 36.4 Å². The number of amides is 1. The molecule has 33 heavy (non-hydrogen) atoms. The fourth-order valence-electron chi connectivity index (χ4n) is 3.38. The maximum atomic E-state index is 12.5. The van der Waals surface area contributed by atoms with Crippen LogP contribution in [0.15, 0.2) is 42.5 Å². The summed E-state index contributed by atoms with van der Waals surface area (Å²) in [7, 11) is 3.37. The number of carbonyl (C=O) groups is 1. The Kier molecular flexibility index (Phi) is 8.74. The Labute approximate surface area is 199 Å². The zero-order valence-corrected chi connectivity index (χ0v) is 20.2. The number of halogens is 1. The van der Waals surface area contributed by atoms with Crippen molar-refractivity contribution in [3.8, 4) is 11.5 Å². The minimum atomic E-state index is -0.294. The molecular weight excluding hydrogens is 442 g/mol. The van der Waals surface area contributed by atoms with Crippen molar-refractivity contribution in [2.75, 3.05) is 26.9 Å². The van der Waals surface area contributed by atoms with Gasteiger partial charge in [0.15, 0.2) is 11.5 Å². The first-order valence-corrected chi connectivity index (χ1v) is 11.2. The van der Waals surface area contributed by atoms with Gasteiger partial charge in [-0.2, -0.15) is 5.10 Å². The Morgan fingerprint density at radius 3 is 2.58 bits per heavy atom. The molecule has 0 aliphatic heterocycles. The molecular formula is C25H30ClN3O4. The highest BCUT2D eigenvalue weighted by molar-refractivity contribution is 6.34. The number of aryl methyl sites for hydroxylation is 3. The number of nitrogens with zero attached hydrogens (tertiary/aromatic N) is 2. The van der Waals surface area contributed by atoms with Crippen molar-refractivity contribution >= 4 is 17.5 Å². The standard InChI is InChI=1S/C25H30ClN3O4/c1-17-7-5-6-8-20(17)16-33-22-15-19(11-13-31-4)9-10-21(22)32-14-12-27-25(30)24-23(26)18(2)28-29(24)3/h5-10,15H,11-14,16H2,1-4H3,(H,27,30). The van der Waals surface area contributed by atoms with Gasteiger partial charge in [0.25, 0.3) is 5.91 Å². The van der Waals surface area contributed by atoms with Crippen LogP contribution in [0.5, 0.6) is 11.5 Å². The van der Waals surface area contributed by atoms with E-state index in [0.29, 0.717) is 47.7 Å². The van der Waals surface area contributed by atoms with Crippen LogP contribution in [0.1, 0.15) is 32.9 Å². The molecule has 3 aromatic rings. The third kappa shape index (κ3) is 6.49. The molecule has 0 unspecified atom stereocenters. The Morgan fingerprint density at radius 1 is 1.09 bits per heavy atom. The zero-order chi connectivity index (χ0) is 23.8. The second-order valence-electron chi connectivity index (χ2n) is 7.72. The largest absolute Gasteiger partial charge is 0.488 e. The predicted molar refractivity (Wildman–Crippen MR) is 128 cm³/mol. The zero-order valence-electron chi connectivity index (χ0n) is 19.5. The molecule has 0 radical (unpaired) electrons. The van der Waals surface area contributed by atoms with Crippen LogP contribution in [0, 0.1) is 13.8 Å². The van der Waals surface area contributed by atoms with Crippen LogP contribution >= 0.6 is 11.6 Å². The number of benzene rings is 2. The number of aromatic nitrogens is 2. The molecule has 8 heteroatoms. The average Bonchev–Trinajstić information content (AvgIpc) is 3.06. The maximum Gasteiger partial charge on any atom is 0.271 e. The minimum Gasteiger partial charge on any atom is -0.488 e. The first-order valence-electron chi connectivity index (χ1n) is 10.8. The molecule has 1 amide bonds. The van der Waals surface area contributed by atoms with Gasteiger partial charge in [-0.1, -0.05) is 41.9 Å². The van der Waals surface area contributed by atoms with Crippen molar-refractivity contribution in [1.82, 2.24) is 15.1 Å². The van der Waals surface area contributed by atoms with Gasteiger partial charge < -0.3 is 19.5 Å². The fraction of sp³-hybridized carbons (Fsp3) is 0.360. The molecule has 1 aromatic heterocycles. The summed E-state index contributed by atoms with van der Waals surface area (Å²) < 4.78 is 18.7. The minimum absolute atomic E-state index is 0.276. The maximum absolute atomic E-state index is 12.5. The van der Waals surface area contributed by atoms with Gasteiger partial charge in [-0.3, -0.25) is 9.48 Å². The molecule has 0 saturated carbocycles. The smallest absolute Gasteiger partial charge is 0.271 e. The predicted octanol–water partition coefficient (Wildman–Crippen LogP) is 4.27. The van der Waals surface area contributed by atoms with Crippen LogP contribution in [-0.4, -0.2) is 42.6 Å². The lowest BCUT2D eigenvalue weighted by atomic mass is 10.1. The third-order valence-electron chi connectivity index (χ3n) is 5.26. The topological polar surface area (TPSA) is 74.6 Å². The SMILES string of the molecule is COCCc1ccc(OCCNC(=O)c2c(Cl)c(C)nn2C)c(OCc2ccccc2C)c1. The van der Waals surface area contributed by atoms with Gasteiger partial charge in [0, 0.05) is 14.2 Å². The summed E-state index contributed by atoms with van der Waals surface area (Å²) >= 11 is 6.18. The van der Waals surface area contributed by atoms with Crippen LogP contribution in [0.2, 0.25) is 5.02 Å². The number of hydrogen-bond acceptors (Lipinski definition) is 5. The summed E-state index contributed by atoms with van der Waals surface area (Å²) in [5, 5.41) is 7.35. The number of nitrogens with one attached hydrogen (secondary N) is 1. The van der Waals surface area contributed by atoms with Gasteiger partial charge in [0.05, 0.1) is 23.9 Å². The van der Waals surface area contributed by atoms with E-state index in [0.717, 1.165) is 17.5 Å². The Morgan fingerprint density at radius 2 is 1.88 bits per heavy atom. The Hall–Kier alpha value is -3.03. The molecule has 0 bridgehead atoms.